The normalized spacial score (nSPS) is 16.4. The molecule has 21 heavy (non-hydrogen) atoms. The molecule has 2 N–H and O–H groups in total. The molecule has 0 aromatic carbocycles. The van der Waals surface area contributed by atoms with Crippen molar-refractivity contribution in [1.82, 2.24) is 19.7 Å². The van der Waals surface area contributed by atoms with E-state index in [1.54, 1.807) is 0 Å². The SMILES string of the molecule is Cn1cc(CN2CCN(c3ccc(CN)cn3)CC2)cn1. The van der Waals surface area contributed by atoms with Gasteiger partial charge in [0.25, 0.3) is 0 Å². The van der Waals surface area contributed by atoms with Gasteiger partial charge in [-0.05, 0) is 11.6 Å². The van der Waals surface area contributed by atoms with Gasteiger partial charge in [-0.25, -0.2) is 4.98 Å². The maximum atomic E-state index is 5.60. The Bertz CT molecular complexity index is 568. The summed E-state index contributed by atoms with van der Waals surface area (Å²) in [7, 11) is 1.96. The van der Waals surface area contributed by atoms with Gasteiger partial charge in [0.2, 0.25) is 0 Å². The quantitative estimate of drug-likeness (QED) is 0.891. The van der Waals surface area contributed by atoms with Gasteiger partial charge in [0.05, 0.1) is 6.20 Å². The first-order valence-electron chi connectivity index (χ1n) is 7.34. The van der Waals surface area contributed by atoms with Crippen LogP contribution in [-0.2, 0) is 20.1 Å². The van der Waals surface area contributed by atoms with Crippen LogP contribution in [0.3, 0.4) is 0 Å². The summed E-state index contributed by atoms with van der Waals surface area (Å²) in [6.07, 6.45) is 5.90. The van der Waals surface area contributed by atoms with Crippen LogP contribution in [0.5, 0.6) is 0 Å². The Morgan fingerprint density at radius 2 is 1.90 bits per heavy atom. The molecule has 0 aliphatic carbocycles. The van der Waals surface area contributed by atoms with Gasteiger partial charge in [0.1, 0.15) is 5.82 Å². The van der Waals surface area contributed by atoms with Crippen molar-refractivity contribution in [3.8, 4) is 0 Å². The zero-order chi connectivity index (χ0) is 14.7. The van der Waals surface area contributed by atoms with Gasteiger partial charge in [0.15, 0.2) is 0 Å². The van der Waals surface area contributed by atoms with Gasteiger partial charge < -0.3 is 10.6 Å². The molecule has 6 nitrogen and oxygen atoms in total. The summed E-state index contributed by atoms with van der Waals surface area (Å²) in [5.41, 5.74) is 7.96. The largest absolute Gasteiger partial charge is 0.354 e. The summed E-state index contributed by atoms with van der Waals surface area (Å²) in [6, 6.07) is 4.13. The fourth-order valence-corrected chi connectivity index (χ4v) is 2.67. The fraction of sp³-hybridized carbons (Fsp3) is 0.467. The van der Waals surface area contributed by atoms with E-state index in [4.69, 9.17) is 5.73 Å². The molecule has 0 unspecified atom stereocenters. The van der Waals surface area contributed by atoms with E-state index >= 15 is 0 Å². The molecule has 3 heterocycles. The van der Waals surface area contributed by atoms with Gasteiger partial charge in [-0.2, -0.15) is 5.10 Å². The number of anilines is 1. The van der Waals surface area contributed by atoms with Crippen molar-refractivity contribution in [2.75, 3.05) is 31.1 Å². The zero-order valence-corrected chi connectivity index (χ0v) is 12.4. The second kappa shape index (κ2) is 6.24. The van der Waals surface area contributed by atoms with Crippen molar-refractivity contribution in [3.63, 3.8) is 0 Å². The minimum atomic E-state index is 0.548. The number of hydrogen-bond acceptors (Lipinski definition) is 5. The number of hydrogen-bond donors (Lipinski definition) is 1. The van der Waals surface area contributed by atoms with Crippen molar-refractivity contribution in [3.05, 3.63) is 41.9 Å². The number of nitrogens with zero attached hydrogens (tertiary/aromatic N) is 5. The molecule has 2 aromatic rings. The Kier molecular flexibility index (Phi) is 4.17. The van der Waals surface area contributed by atoms with E-state index in [2.05, 4.69) is 38.2 Å². The first-order chi connectivity index (χ1) is 10.2. The van der Waals surface area contributed by atoms with Crippen LogP contribution in [0.2, 0.25) is 0 Å². The first kappa shape index (κ1) is 14.0. The highest BCUT2D eigenvalue weighted by Gasteiger charge is 2.18. The van der Waals surface area contributed by atoms with Crippen LogP contribution in [0.1, 0.15) is 11.1 Å². The van der Waals surface area contributed by atoms with Crippen LogP contribution in [0.15, 0.2) is 30.7 Å². The van der Waals surface area contributed by atoms with Crippen molar-refractivity contribution in [1.29, 1.82) is 0 Å². The summed E-state index contributed by atoms with van der Waals surface area (Å²) in [5, 5.41) is 4.22. The molecule has 0 radical (unpaired) electrons. The summed E-state index contributed by atoms with van der Waals surface area (Å²) in [6.45, 7) is 5.64. The predicted octanol–water partition coefficient (Wildman–Crippen LogP) is 0.596. The van der Waals surface area contributed by atoms with Gasteiger partial charge in [-0.1, -0.05) is 6.07 Å². The summed E-state index contributed by atoms with van der Waals surface area (Å²) in [4.78, 5) is 9.29. The van der Waals surface area contributed by atoms with Gasteiger partial charge >= 0.3 is 0 Å². The maximum absolute atomic E-state index is 5.60. The van der Waals surface area contributed by atoms with Crippen LogP contribution >= 0.6 is 0 Å². The number of aryl methyl sites for hydroxylation is 1. The summed E-state index contributed by atoms with van der Waals surface area (Å²) < 4.78 is 1.86. The molecular weight excluding hydrogens is 264 g/mol. The lowest BCUT2D eigenvalue weighted by Crippen LogP contribution is -2.46. The first-order valence-corrected chi connectivity index (χ1v) is 7.34. The van der Waals surface area contributed by atoms with Crippen LogP contribution in [-0.4, -0.2) is 45.8 Å². The third kappa shape index (κ3) is 3.40. The monoisotopic (exact) mass is 286 g/mol. The van der Waals surface area contributed by atoms with Crippen LogP contribution in [0.25, 0.3) is 0 Å². The van der Waals surface area contributed by atoms with E-state index in [-0.39, 0.29) is 0 Å². The molecule has 0 bridgehead atoms. The molecule has 0 atom stereocenters. The zero-order valence-electron chi connectivity index (χ0n) is 12.4. The fourth-order valence-electron chi connectivity index (χ4n) is 2.67. The average molecular weight is 286 g/mol. The molecule has 1 aliphatic heterocycles. The third-order valence-electron chi connectivity index (χ3n) is 3.91. The number of aromatic nitrogens is 3. The summed E-state index contributed by atoms with van der Waals surface area (Å²) >= 11 is 0. The molecule has 0 saturated carbocycles. The second-order valence-corrected chi connectivity index (χ2v) is 5.51. The number of rotatable bonds is 4. The number of nitrogens with two attached hydrogens (primary N) is 1. The highest BCUT2D eigenvalue weighted by atomic mass is 15.3. The Morgan fingerprint density at radius 3 is 2.48 bits per heavy atom. The predicted molar refractivity (Wildman–Crippen MR) is 82.8 cm³/mol. The molecule has 0 spiro atoms. The van der Waals surface area contributed by atoms with E-state index in [9.17, 15) is 0 Å². The van der Waals surface area contributed by atoms with E-state index in [0.717, 1.165) is 44.1 Å². The molecule has 112 valence electrons. The highest BCUT2D eigenvalue weighted by Crippen LogP contribution is 2.15. The van der Waals surface area contributed by atoms with E-state index in [1.165, 1.54) is 5.56 Å². The molecule has 1 aliphatic rings. The molecule has 1 fully saturated rings. The maximum Gasteiger partial charge on any atom is 0.128 e. The molecule has 6 heteroatoms. The Hall–Kier alpha value is -1.92. The van der Waals surface area contributed by atoms with Gasteiger partial charge in [-0.15, -0.1) is 0 Å². The molecule has 0 amide bonds. The molecular formula is C15H22N6. The third-order valence-corrected chi connectivity index (χ3v) is 3.91. The van der Waals surface area contributed by atoms with Crippen molar-refractivity contribution >= 4 is 5.82 Å². The molecule has 1 saturated heterocycles. The minimum Gasteiger partial charge on any atom is -0.354 e. The lowest BCUT2D eigenvalue weighted by molar-refractivity contribution is 0.249. The second-order valence-electron chi connectivity index (χ2n) is 5.51. The van der Waals surface area contributed by atoms with Gasteiger partial charge in [-0.3, -0.25) is 9.58 Å². The Balaban J connectivity index is 1.54. The Morgan fingerprint density at radius 1 is 1.10 bits per heavy atom. The lowest BCUT2D eigenvalue weighted by Gasteiger charge is -2.35. The summed E-state index contributed by atoms with van der Waals surface area (Å²) in [5.74, 6) is 1.05. The van der Waals surface area contributed by atoms with E-state index in [1.807, 2.05) is 24.1 Å². The van der Waals surface area contributed by atoms with E-state index < -0.39 is 0 Å². The smallest absolute Gasteiger partial charge is 0.128 e. The van der Waals surface area contributed by atoms with Gasteiger partial charge in [0, 0.05) is 64.3 Å². The highest BCUT2D eigenvalue weighted by molar-refractivity contribution is 5.39. The molecule has 3 rings (SSSR count). The minimum absolute atomic E-state index is 0.548. The van der Waals surface area contributed by atoms with Crippen molar-refractivity contribution in [2.24, 2.45) is 12.8 Å². The van der Waals surface area contributed by atoms with Crippen LogP contribution in [0.4, 0.5) is 5.82 Å². The van der Waals surface area contributed by atoms with Crippen molar-refractivity contribution < 1.29 is 0 Å². The average Bonchev–Trinajstić information content (AvgIpc) is 2.93. The molecule has 2 aromatic heterocycles. The lowest BCUT2D eigenvalue weighted by atomic mass is 10.2. The Labute approximate surface area is 125 Å². The van der Waals surface area contributed by atoms with Crippen LogP contribution in [0, 0.1) is 0 Å². The van der Waals surface area contributed by atoms with Crippen LogP contribution < -0.4 is 10.6 Å². The number of pyridine rings is 1. The number of piperazine rings is 1. The topological polar surface area (TPSA) is 63.2 Å². The standard InChI is InChI=1S/C15H22N6/c1-19-11-14(10-18-19)12-20-4-6-21(7-5-20)15-3-2-13(8-16)9-17-15/h2-3,9-11H,4-8,12,16H2,1H3. The van der Waals surface area contributed by atoms with Crippen molar-refractivity contribution in [2.45, 2.75) is 13.1 Å². The van der Waals surface area contributed by atoms with E-state index in [0.29, 0.717) is 6.54 Å².